The number of aryl methyl sites for hydroxylation is 2. The molecule has 6 nitrogen and oxygen atoms in total. The summed E-state index contributed by atoms with van der Waals surface area (Å²) in [5.74, 6) is 0.344. The van der Waals surface area contributed by atoms with Crippen LogP contribution in [0.4, 0.5) is 17.3 Å². The summed E-state index contributed by atoms with van der Waals surface area (Å²) in [7, 11) is 0. The van der Waals surface area contributed by atoms with Crippen LogP contribution in [0.15, 0.2) is 30.3 Å². The van der Waals surface area contributed by atoms with Crippen LogP contribution in [0.2, 0.25) is 0 Å². The topological polar surface area (TPSA) is 81.9 Å². The van der Waals surface area contributed by atoms with E-state index in [1.54, 1.807) is 12.1 Å². The molecule has 2 rings (SSSR count). The zero-order chi connectivity index (χ0) is 16.8. The molecule has 1 aromatic heterocycles. The van der Waals surface area contributed by atoms with Crippen molar-refractivity contribution >= 4 is 23.2 Å². The van der Waals surface area contributed by atoms with Gasteiger partial charge in [0.15, 0.2) is 0 Å². The molecule has 0 aliphatic heterocycles. The van der Waals surface area contributed by atoms with Crippen LogP contribution >= 0.6 is 0 Å². The predicted octanol–water partition coefficient (Wildman–Crippen LogP) is 3.10. The maximum atomic E-state index is 11.4. The third-order valence-electron chi connectivity index (χ3n) is 3.23. The van der Waals surface area contributed by atoms with Gasteiger partial charge < -0.3 is 10.2 Å². The second kappa shape index (κ2) is 7.36. The quantitative estimate of drug-likeness (QED) is 0.917. The van der Waals surface area contributed by atoms with E-state index in [0.29, 0.717) is 11.6 Å². The normalized spacial score (nSPS) is 10.0. The SMILES string of the molecule is CCN(c1ccc(NC(=O)CC#N)cc1)c1nc(C)cc(C)n1. The fraction of sp³-hybridized carbons (Fsp3) is 0.294. The van der Waals surface area contributed by atoms with Gasteiger partial charge in [0.05, 0.1) is 6.07 Å². The third-order valence-corrected chi connectivity index (χ3v) is 3.23. The molecule has 0 fully saturated rings. The largest absolute Gasteiger partial charge is 0.325 e. The van der Waals surface area contributed by atoms with Gasteiger partial charge >= 0.3 is 0 Å². The molecule has 118 valence electrons. The second-order valence-electron chi connectivity index (χ2n) is 5.12. The van der Waals surface area contributed by atoms with E-state index in [2.05, 4.69) is 15.3 Å². The lowest BCUT2D eigenvalue weighted by atomic mass is 10.2. The Morgan fingerprint density at radius 3 is 2.35 bits per heavy atom. The van der Waals surface area contributed by atoms with Gasteiger partial charge in [0.1, 0.15) is 6.42 Å². The Morgan fingerprint density at radius 2 is 1.83 bits per heavy atom. The van der Waals surface area contributed by atoms with Crippen molar-refractivity contribution in [1.82, 2.24) is 9.97 Å². The Morgan fingerprint density at radius 1 is 1.22 bits per heavy atom. The molecule has 0 aliphatic rings. The van der Waals surface area contributed by atoms with E-state index in [4.69, 9.17) is 5.26 Å². The number of amides is 1. The Balaban J connectivity index is 2.22. The molecule has 1 aromatic carbocycles. The first-order chi connectivity index (χ1) is 11.0. The molecule has 2 aromatic rings. The van der Waals surface area contributed by atoms with Crippen molar-refractivity contribution in [3.63, 3.8) is 0 Å². The number of carbonyl (C=O) groups excluding carboxylic acids is 1. The zero-order valence-corrected chi connectivity index (χ0v) is 13.5. The number of nitrogens with one attached hydrogen (secondary N) is 1. The molecule has 1 amide bonds. The molecular weight excluding hydrogens is 290 g/mol. The molecule has 0 bridgehead atoms. The van der Waals surface area contributed by atoms with Crippen molar-refractivity contribution < 1.29 is 4.79 Å². The van der Waals surface area contributed by atoms with Crippen LogP contribution in [0.5, 0.6) is 0 Å². The molecule has 0 saturated carbocycles. The number of benzene rings is 1. The Bertz CT molecular complexity index is 713. The molecule has 1 N–H and O–H groups in total. The van der Waals surface area contributed by atoms with Gasteiger partial charge in [-0.15, -0.1) is 0 Å². The van der Waals surface area contributed by atoms with Crippen molar-refractivity contribution in [2.45, 2.75) is 27.2 Å². The zero-order valence-electron chi connectivity index (χ0n) is 13.5. The lowest BCUT2D eigenvalue weighted by molar-refractivity contribution is -0.115. The van der Waals surface area contributed by atoms with Crippen molar-refractivity contribution in [3.05, 3.63) is 41.7 Å². The lowest BCUT2D eigenvalue weighted by Crippen LogP contribution is -2.19. The van der Waals surface area contributed by atoms with Crippen LogP contribution in [-0.2, 0) is 4.79 Å². The fourth-order valence-corrected chi connectivity index (χ4v) is 2.27. The van der Waals surface area contributed by atoms with E-state index in [-0.39, 0.29) is 12.3 Å². The summed E-state index contributed by atoms with van der Waals surface area (Å²) in [4.78, 5) is 22.4. The van der Waals surface area contributed by atoms with Gasteiger partial charge in [0, 0.05) is 29.3 Å². The van der Waals surface area contributed by atoms with Crippen LogP contribution in [0, 0.1) is 25.2 Å². The summed E-state index contributed by atoms with van der Waals surface area (Å²) < 4.78 is 0. The summed E-state index contributed by atoms with van der Waals surface area (Å²) in [5, 5.41) is 11.2. The predicted molar refractivity (Wildman–Crippen MR) is 89.5 cm³/mol. The standard InChI is InChI=1S/C17H19N5O/c1-4-22(17-19-12(2)11-13(3)20-17)15-7-5-14(6-8-15)21-16(23)9-10-18/h5-8,11H,4,9H2,1-3H3,(H,21,23). The number of rotatable bonds is 5. The molecular formula is C17H19N5O. The van der Waals surface area contributed by atoms with Gasteiger partial charge in [-0.25, -0.2) is 9.97 Å². The smallest absolute Gasteiger partial charge is 0.238 e. The molecule has 0 radical (unpaired) electrons. The van der Waals surface area contributed by atoms with Crippen LogP contribution in [0.1, 0.15) is 24.7 Å². The minimum absolute atomic E-state index is 0.154. The summed E-state index contributed by atoms with van der Waals surface area (Å²) in [6, 6.07) is 11.2. The summed E-state index contributed by atoms with van der Waals surface area (Å²) in [6.45, 7) is 6.65. The van der Waals surface area contributed by atoms with E-state index in [0.717, 1.165) is 23.6 Å². The van der Waals surface area contributed by atoms with Gasteiger partial charge in [0.2, 0.25) is 11.9 Å². The summed E-state index contributed by atoms with van der Waals surface area (Å²) in [6.07, 6.45) is -0.154. The molecule has 0 spiro atoms. The van der Waals surface area contributed by atoms with Gasteiger partial charge in [-0.2, -0.15) is 5.26 Å². The molecule has 23 heavy (non-hydrogen) atoms. The van der Waals surface area contributed by atoms with Crippen molar-refractivity contribution in [3.8, 4) is 6.07 Å². The molecule has 0 aliphatic carbocycles. The van der Waals surface area contributed by atoms with Gasteiger partial charge in [0.25, 0.3) is 0 Å². The number of carbonyl (C=O) groups is 1. The monoisotopic (exact) mass is 309 g/mol. The number of hydrogen-bond donors (Lipinski definition) is 1. The molecule has 1 heterocycles. The average molecular weight is 309 g/mol. The summed E-state index contributed by atoms with van der Waals surface area (Å²) in [5.41, 5.74) is 3.44. The Hall–Kier alpha value is -2.94. The lowest BCUT2D eigenvalue weighted by Gasteiger charge is -2.22. The third kappa shape index (κ3) is 4.27. The number of nitrogens with zero attached hydrogens (tertiary/aromatic N) is 4. The molecule has 0 saturated heterocycles. The highest BCUT2D eigenvalue weighted by Crippen LogP contribution is 2.24. The highest BCUT2D eigenvalue weighted by atomic mass is 16.1. The van der Waals surface area contributed by atoms with Gasteiger partial charge in [-0.1, -0.05) is 0 Å². The number of aromatic nitrogens is 2. The van der Waals surface area contributed by atoms with E-state index in [1.165, 1.54) is 0 Å². The first kappa shape index (κ1) is 16.4. The Labute approximate surface area is 135 Å². The van der Waals surface area contributed by atoms with Crippen molar-refractivity contribution in [2.24, 2.45) is 0 Å². The maximum absolute atomic E-state index is 11.4. The van der Waals surface area contributed by atoms with E-state index in [9.17, 15) is 4.79 Å². The first-order valence-electron chi connectivity index (χ1n) is 7.40. The highest BCUT2D eigenvalue weighted by Gasteiger charge is 2.11. The van der Waals surface area contributed by atoms with E-state index >= 15 is 0 Å². The van der Waals surface area contributed by atoms with Crippen molar-refractivity contribution in [1.29, 1.82) is 5.26 Å². The van der Waals surface area contributed by atoms with Crippen LogP contribution in [0.3, 0.4) is 0 Å². The number of hydrogen-bond acceptors (Lipinski definition) is 5. The fourth-order valence-electron chi connectivity index (χ4n) is 2.27. The van der Waals surface area contributed by atoms with Crippen LogP contribution < -0.4 is 10.2 Å². The number of nitriles is 1. The second-order valence-corrected chi connectivity index (χ2v) is 5.12. The highest BCUT2D eigenvalue weighted by molar-refractivity contribution is 5.92. The minimum Gasteiger partial charge on any atom is -0.325 e. The summed E-state index contributed by atoms with van der Waals surface area (Å²) >= 11 is 0. The van der Waals surface area contributed by atoms with Gasteiger partial charge in [-0.3, -0.25) is 4.79 Å². The molecule has 0 atom stereocenters. The minimum atomic E-state index is -0.315. The van der Waals surface area contributed by atoms with Gasteiger partial charge in [-0.05, 0) is 51.1 Å². The molecule has 6 heteroatoms. The van der Waals surface area contributed by atoms with E-state index in [1.807, 2.05) is 49.9 Å². The van der Waals surface area contributed by atoms with E-state index < -0.39 is 0 Å². The Kier molecular flexibility index (Phi) is 5.26. The van der Waals surface area contributed by atoms with Crippen LogP contribution in [0.25, 0.3) is 0 Å². The average Bonchev–Trinajstić information content (AvgIpc) is 2.49. The van der Waals surface area contributed by atoms with Crippen LogP contribution in [-0.4, -0.2) is 22.4 Å². The van der Waals surface area contributed by atoms with Crippen molar-refractivity contribution in [2.75, 3.05) is 16.8 Å². The molecule has 0 unspecified atom stereocenters. The number of anilines is 3. The first-order valence-corrected chi connectivity index (χ1v) is 7.40. The maximum Gasteiger partial charge on any atom is 0.238 e.